The molecule has 0 saturated carbocycles. The van der Waals surface area contributed by atoms with Crippen molar-refractivity contribution in [1.82, 2.24) is 0 Å². The predicted molar refractivity (Wildman–Crippen MR) is 84.1 cm³/mol. The van der Waals surface area contributed by atoms with Crippen LogP contribution in [0.3, 0.4) is 0 Å². The Kier molecular flexibility index (Phi) is 4.34. The Morgan fingerprint density at radius 2 is 1.76 bits per heavy atom. The van der Waals surface area contributed by atoms with Gasteiger partial charge in [0.2, 0.25) is 0 Å². The lowest BCUT2D eigenvalue weighted by atomic mass is 10.2. The highest BCUT2D eigenvalue weighted by molar-refractivity contribution is 5.77. The van der Waals surface area contributed by atoms with Crippen LogP contribution in [0.4, 0.5) is 0 Å². The third-order valence-electron chi connectivity index (χ3n) is 3.49. The van der Waals surface area contributed by atoms with Gasteiger partial charge in [-0.05, 0) is 24.1 Å². The maximum atomic E-state index is 6.12. The minimum absolute atomic E-state index is 0.229. The molecule has 0 bridgehead atoms. The first-order valence-electron chi connectivity index (χ1n) is 7.18. The van der Waals surface area contributed by atoms with Crippen molar-refractivity contribution in [3.63, 3.8) is 0 Å². The van der Waals surface area contributed by atoms with Crippen molar-refractivity contribution >= 4 is 11.0 Å². The second kappa shape index (κ2) is 6.57. The number of benzene rings is 2. The van der Waals surface area contributed by atoms with E-state index in [0.29, 0.717) is 13.2 Å². The normalized spacial score (nSPS) is 12.6. The maximum absolute atomic E-state index is 6.12. The Bertz CT molecular complexity index is 658. The number of nitrogens with two attached hydrogens (primary N) is 1. The van der Waals surface area contributed by atoms with Crippen LogP contribution in [-0.4, -0.2) is 13.2 Å². The van der Waals surface area contributed by atoms with Crippen LogP contribution in [0.15, 0.2) is 65.1 Å². The number of fused-ring (bicyclic) bond motifs is 1. The van der Waals surface area contributed by atoms with Crippen molar-refractivity contribution in [2.24, 2.45) is 5.73 Å². The zero-order chi connectivity index (χ0) is 14.5. The number of hydrogen-bond donors (Lipinski definition) is 1. The van der Waals surface area contributed by atoms with Crippen LogP contribution >= 0.6 is 0 Å². The lowest BCUT2D eigenvalue weighted by molar-refractivity contribution is 0.119. The van der Waals surface area contributed by atoms with Crippen LogP contribution in [0.2, 0.25) is 0 Å². The van der Waals surface area contributed by atoms with Gasteiger partial charge in [0, 0.05) is 5.39 Å². The SMILES string of the molecule is NC(COCCc1ccccc1)c1cc2ccccc2o1. The number of hydrogen-bond acceptors (Lipinski definition) is 3. The molecule has 0 fully saturated rings. The summed E-state index contributed by atoms with van der Waals surface area (Å²) < 4.78 is 11.4. The highest BCUT2D eigenvalue weighted by Crippen LogP contribution is 2.22. The van der Waals surface area contributed by atoms with Gasteiger partial charge in [-0.25, -0.2) is 0 Å². The molecule has 1 heterocycles. The first kappa shape index (κ1) is 13.9. The van der Waals surface area contributed by atoms with E-state index in [2.05, 4.69) is 12.1 Å². The fraction of sp³-hybridized carbons (Fsp3) is 0.222. The first-order valence-corrected chi connectivity index (χ1v) is 7.18. The van der Waals surface area contributed by atoms with E-state index in [1.807, 2.05) is 48.5 Å². The number of ether oxygens (including phenoxy) is 1. The third kappa shape index (κ3) is 3.51. The van der Waals surface area contributed by atoms with Gasteiger partial charge in [-0.2, -0.15) is 0 Å². The summed E-state index contributed by atoms with van der Waals surface area (Å²) >= 11 is 0. The molecule has 1 aromatic heterocycles. The van der Waals surface area contributed by atoms with E-state index in [9.17, 15) is 0 Å². The summed E-state index contributed by atoms with van der Waals surface area (Å²) in [6, 6.07) is 20.0. The van der Waals surface area contributed by atoms with Gasteiger partial charge in [0.25, 0.3) is 0 Å². The van der Waals surface area contributed by atoms with E-state index in [0.717, 1.165) is 23.2 Å². The lowest BCUT2D eigenvalue weighted by Crippen LogP contribution is -2.17. The van der Waals surface area contributed by atoms with Gasteiger partial charge in [0.05, 0.1) is 19.3 Å². The largest absolute Gasteiger partial charge is 0.459 e. The minimum Gasteiger partial charge on any atom is -0.459 e. The van der Waals surface area contributed by atoms with Crippen molar-refractivity contribution < 1.29 is 9.15 Å². The Labute approximate surface area is 124 Å². The molecule has 3 nitrogen and oxygen atoms in total. The zero-order valence-electron chi connectivity index (χ0n) is 11.9. The van der Waals surface area contributed by atoms with E-state index in [1.165, 1.54) is 5.56 Å². The van der Waals surface area contributed by atoms with Crippen LogP contribution in [-0.2, 0) is 11.2 Å². The van der Waals surface area contributed by atoms with Crippen molar-refractivity contribution in [2.45, 2.75) is 12.5 Å². The Hall–Kier alpha value is -2.10. The first-order chi connectivity index (χ1) is 10.3. The van der Waals surface area contributed by atoms with Crippen LogP contribution in [0, 0.1) is 0 Å². The molecule has 0 saturated heterocycles. The van der Waals surface area contributed by atoms with Gasteiger partial charge in [-0.3, -0.25) is 0 Å². The van der Waals surface area contributed by atoms with Gasteiger partial charge >= 0.3 is 0 Å². The second-order valence-corrected chi connectivity index (χ2v) is 5.10. The molecule has 21 heavy (non-hydrogen) atoms. The Morgan fingerprint density at radius 3 is 2.57 bits per heavy atom. The van der Waals surface area contributed by atoms with Gasteiger partial charge in [-0.15, -0.1) is 0 Å². The van der Waals surface area contributed by atoms with Crippen LogP contribution in [0.5, 0.6) is 0 Å². The van der Waals surface area contributed by atoms with Crippen molar-refractivity contribution in [3.05, 3.63) is 72.0 Å². The molecule has 0 spiro atoms. The van der Waals surface area contributed by atoms with Crippen molar-refractivity contribution in [3.8, 4) is 0 Å². The highest BCUT2D eigenvalue weighted by atomic mass is 16.5. The Morgan fingerprint density at radius 1 is 1.00 bits per heavy atom. The summed E-state index contributed by atoms with van der Waals surface area (Å²) in [7, 11) is 0. The predicted octanol–water partition coefficient (Wildman–Crippen LogP) is 3.69. The van der Waals surface area contributed by atoms with E-state index >= 15 is 0 Å². The minimum atomic E-state index is -0.229. The lowest BCUT2D eigenvalue weighted by Gasteiger charge is -2.09. The van der Waals surface area contributed by atoms with Crippen LogP contribution in [0.1, 0.15) is 17.4 Å². The topological polar surface area (TPSA) is 48.4 Å². The summed E-state index contributed by atoms with van der Waals surface area (Å²) in [4.78, 5) is 0. The van der Waals surface area contributed by atoms with Crippen molar-refractivity contribution in [2.75, 3.05) is 13.2 Å². The van der Waals surface area contributed by atoms with Gasteiger partial charge in [0.15, 0.2) is 0 Å². The summed E-state index contributed by atoms with van der Waals surface area (Å²) in [6.07, 6.45) is 0.897. The van der Waals surface area contributed by atoms with Gasteiger partial charge in [-0.1, -0.05) is 48.5 Å². The van der Waals surface area contributed by atoms with Crippen molar-refractivity contribution in [1.29, 1.82) is 0 Å². The van der Waals surface area contributed by atoms with Gasteiger partial charge in [0.1, 0.15) is 11.3 Å². The molecule has 1 atom stereocenters. The summed E-state index contributed by atoms with van der Waals surface area (Å²) in [5, 5.41) is 1.08. The highest BCUT2D eigenvalue weighted by Gasteiger charge is 2.11. The standard InChI is InChI=1S/C18H19NO2/c19-16(13-20-11-10-14-6-2-1-3-7-14)18-12-15-8-4-5-9-17(15)21-18/h1-9,12,16H,10-11,13,19H2. The van der Waals surface area contributed by atoms with E-state index in [1.54, 1.807) is 0 Å². The van der Waals surface area contributed by atoms with E-state index in [4.69, 9.17) is 14.9 Å². The molecule has 3 rings (SSSR count). The van der Waals surface area contributed by atoms with E-state index in [-0.39, 0.29) is 6.04 Å². The number of furan rings is 1. The second-order valence-electron chi connectivity index (χ2n) is 5.10. The maximum Gasteiger partial charge on any atom is 0.134 e. The molecular weight excluding hydrogens is 262 g/mol. The molecule has 2 aromatic carbocycles. The molecule has 0 radical (unpaired) electrons. The third-order valence-corrected chi connectivity index (χ3v) is 3.49. The quantitative estimate of drug-likeness (QED) is 0.701. The molecule has 108 valence electrons. The molecule has 0 amide bonds. The Balaban J connectivity index is 1.51. The monoisotopic (exact) mass is 281 g/mol. The van der Waals surface area contributed by atoms with Crippen LogP contribution in [0.25, 0.3) is 11.0 Å². The molecule has 0 aliphatic heterocycles. The summed E-state index contributed by atoms with van der Waals surface area (Å²) in [6.45, 7) is 1.13. The molecule has 2 N–H and O–H groups in total. The molecule has 1 unspecified atom stereocenters. The molecule has 0 aliphatic rings. The fourth-order valence-corrected chi connectivity index (χ4v) is 2.31. The number of rotatable bonds is 6. The average molecular weight is 281 g/mol. The fourth-order valence-electron chi connectivity index (χ4n) is 2.31. The zero-order valence-corrected chi connectivity index (χ0v) is 11.9. The molecule has 3 heteroatoms. The summed E-state index contributed by atoms with van der Waals surface area (Å²) in [5.41, 5.74) is 8.26. The molecular formula is C18H19NO2. The van der Waals surface area contributed by atoms with Crippen LogP contribution < -0.4 is 5.73 Å². The molecule has 0 aliphatic carbocycles. The van der Waals surface area contributed by atoms with Gasteiger partial charge < -0.3 is 14.9 Å². The summed E-state index contributed by atoms with van der Waals surface area (Å²) in [5.74, 6) is 0.774. The van der Waals surface area contributed by atoms with E-state index < -0.39 is 0 Å². The molecule has 3 aromatic rings. The smallest absolute Gasteiger partial charge is 0.134 e. The number of para-hydroxylation sites is 1. The average Bonchev–Trinajstić information content (AvgIpc) is 2.96.